The van der Waals surface area contributed by atoms with Crippen LogP contribution >= 0.6 is 11.6 Å². The van der Waals surface area contributed by atoms with Gasteiger partial charge in [-0.3, -0.25) is 9.89 Å². The fraction of sp³-hybridized carbons (Fsp3) is 0.263. The smallest absolute Gasteiger partial charge is 0.330 e. The number of fused-ring (bicyclic) bond motifs is 1. The molecule has 1 N–H and O–H groups in total. The number of H-pyrrole nitrogens is 1. The maximum Gasteiger partial charge on any atom is 0.420 e. The number of halogens is 5. The summed E-state index contributed by atoms with van der Waals surface area (Å²) in [5, 5.41) is 5.79. The van der Waals surface area contributed by atoms with Crippen LogP contribution in [0.25, 0.3) is 11.4 Å². The van der Waals surface area contributed by atoms with Gasteiger partial charge in [0.05, 0.1) is 33.7 Å². The predicted octanol–water partition coefficient (Wildman–Crippen LogP) is 4.44. The number of benzene rings is 1. The Balaban J connectivity index is 1.72. The molecule has 0 spiro atoms. The predicted molar refractivity (Wildman–Crippen MR) is 99.2 cm³/mol. The number of alkyl halides is 3. The second-order valence-electron chi connectivity index (χ2n) is 6.76. The van der Waals surface area contributed by atoms with Gasteiger partial charge in [0.25, 0.3) is 5.91 Å². The fourth-order valence-electron chi connectivity index (χ4n) is 3.64. The van der Waals surface area contributed by atoms with Crippen molar-refractivity contribution in [2.24, 2.45) is 0 Å². The molecule has 30 heavy (non-hydrogen) atoms. The van der Waals surface area contributed by atoms with Crippen molar-refractivity contribution in [3.05, 3.63) is 63.9 Å². The lowest BCUT2D eigenvalue weighted by atomic mass is 9.95. The number of carbonyl (C=O) groups excluding carboxylic acids is 1. The van der Waals surface area contributed by atoms with Crippen LogP contribution in [0.2, 0.25) is 5.02 Å². The quantitative estimate of drug-likeness (QED) is 0.599. The van der Waals surface area contributed by atoms with Gasteiger partial charge in [0.2, 0.25) is 0 Å². The average molecular weight is 440 g/mol. The molecule has 1 aliphatic rings. The van der Waals surface area contributed by atoms with E-state index in [-0.39, 0.29) is 6.54 Å². The van der Waals surface area contributed by atoms with Gasteiger partial charge in [-0.25, -0.2) is 14.4 Å². The minimum Gasteiger partial charge on any atom is -0.330 e. The van der Waals surface area contributed by atoms with E-state index in [1.54, 1.807) is 19.2 Å². The minimum absolute atomic E-state index is 0.205. The van der Waals surface area contributed by atoms with Crippen LogP contribution in [0.3, 0.4) is 0 Å². The maximum atomic E-state index is 13.7. The average Bonchev–Trinajstić information content (AvgIpc) is 3.21. The Labute approximate surface area is 172 Å². The van der Waals surface area contributed by atoms with E-state index in [0.29, 0.717) is 29.6 Å². The zero-order valence-electron chi connectivity index (χ0n) is 15.5. The number of rotatable bonds is 2. The highest BCUT2D eigenvalue weighted by Crippen LogP contribution is 2.40. The largest absolute Gasteiger partial charge is 0.420 e. The van der Waals surface area contributed by atoms with Crippen molar-refractivity contribution >= 4 is 17.5 Å². The molecule has 156 valence electrons. The molecule has 0 bridgehead atoms. The van der Waals surface area contributed by atoms with Crippen LogP contribution in [-0.4, -0.2) is 37.5 Å². The summed E-state index contributed by atoms with van der Waals surface area (Å²) in [6.07, 6.45) is -1.71. The molecule has 1 amide bonds. The molecule has 1 aliphatic heterocycles. The van der Waals surface area contributed by atoms with Crippen molar-refractivity contribution in [1.29, 1.82) is 0 Å². The summed E-state index contributed by atoms with van der Waals surface area (Å²) < 4.78 is 53.3. The number of nitrogens with one attached hydrogen (secondary N) is 1. The maximum absolute atomic E-state index is 13.7. The van der Waals surface area contributed by atoms with Gasteiger partial charge in [0.15, 0.2) is 0 Å². The highest BCUT2D eigenvalue weighted by atomic mass is 35.5. The molecule has 1 aromatic carbocycles. The molecule has 0 unspecified atom stereocenters. The Kier molecular flexibility index (Phi) is 4.97. The Bertz CT molecular complexity index is 1120. The number of carbonyl (C=O) groups is 1. The molecule has 0 saturated carbocycles. The van der Waals surface area contributed by atoms with Gasteiger partial charge in [-0.2, -0.15) is 18.3 Å². The Morgan fingerprint density at radius 2 is 2.03 bits per heavy atom. The molecule has 3 aromatic rings. The number of aromatic amines is 1. The first-order valence-corrected chi connectivity index (χ1v) is 9.27. The summed E-state index contributed by atoms with van der Waals surface area (Å²) in [7, 11) is 0. The van der Waals surface area contributed by atoms with Crippen LogP contribution in [0.15, 0.2) is 30.7 Å². The second kappa shape index (κ2) is 7.35. The number of amides is 1. The molecular formula is C19H14ClF4N5O. The van der Waals surface area contributed by atoms with Crippen LogP contribution in [0.4, 0.5) is 17.6 Å². The van der Waals surface area contributed by atoms with Gasteiger partial charge in [0.1, 0.15) is 17.7 Å². The summed E-state index contributed by atoms with van der Waals surface area (Å²) in [5.74, 6) is -2.26. The first kappa shape index (κ1) is 20.3. The number of nitrogens with zero attached hydrogens (tertiary/aromatic N) is 4. The minimum atomic E-state index is -5.02. The topological polar surface area (TPSA) is 74.8 Å². The monoisotopic (exact) mass is 439 g/mol. The summed E-state index contributed by atoms with van der Waals surface area (Å²) >= 11 is 5.81. The molecule has 3 heterocycles. The van der Waals surface area contributed by atoms with E-state index < -0.39 is 40.1 Å². The van der Waals surface area contributed by atoms with Crippen molar-refractivity contribution in [3.8, 4) is 11.4 Å². The molecule has 11 heteroatoms. The Hall–Kier alpha value is -3.01. The van der Waals surface area contributed by atoms with E-state index in [0.717, 1.165) is 11.6 Å². The summed E-state index contributed by atoms with van der Waals surface area (Å²) in [6, 6.07) is 2.76. The molecule has 0 radical (unpaired) electrons. The van der Waals surface area contributed by atoms with Gasteiger partial charge in [-0.1, -0.05) is 11.6 Å². The molecule has 6 nitrogen and oxygen atoms in total. The molecular weight excluding hydrogens is 426 g/mol. The molecule has 2 aromatic heterocycles. The van der Waals surface area contributed by atoms with Gasteiger partial charge in [-0.05, 0) is 31.5 Å². The fourth-order valence-corrected chi connectivity index (χ4v) is 3.98. The molecule has 0 fully saturated rings. The third-order valence-corrected chi connectivity index (χ3v) is 5.46. The van der Waals surface area contributed by atoms with Crippen molar-refractivity contribution < 1.29 is 22.4 Å². The molecule has 4 rings (SSSR count). The number of aromatic nitrogens is 4. The van der Waals surface area contributed by atoms with Crippen LogP contribution in [0.1, 0.15) is 40.1 Å². The van der Waals surface area contributed by atoms with E-state index in [2.05, 4.69) is 20.2 Å². The summed E-state index contributed by atoms with van der Waals surface area (Å²) in [6.45, 7) is 1.91. The van der Waals surface area contributed by atoms with Crippen LogP contribution < -0.4 is 0 Å². The highest BCUT2D eigenvalue weighted by Gasteiger charge is 2.40. The lowest BCUT2D eigenvalue weighted by molar-refractivity contribution is -0.139. The van der Waals surface area contributed by atoms with E-state index in [1.807, 2.05) is 0 Å². The normalized spacial score (nSPS) is 16.5. The third kappa shape index (κ3) is 3.30. The SMILES string of the molecule is C[C@@H]1c2ncnc(-c3ccn[nH]3)c2CCN1C(=O)c1ccc(F)c(C(F)(F)F)c1Cl. The molecule has 0 saturated heterocycles. The zero-order valence-corrected chi connectivity index (χ0v) is 16.2. The first-order chi connectivity index (χ1) is 14.2. The van der Waals surface area contributed by atoms with Crippen LogP contribution in [0.5, 0.6) is 0 Å². The summed E-state index contributed by atoms with van der Waals surface area (Å²) in [5.41, 5.74) is 0.670. The standard InChI is InChI=1S/C19H14ClF4N5O/c1-9-16-11(17(26-8-25-16)13-4-6-27-28-13)5-7-29(9)18(30)10-2-3-12(21)14(15(10)20)19(22,23)24/h2-4,6,8-9H,5,7H2,1H3,(H,27,28)/t9-/m1/s1. The first-order valence-electron chi connectivity index (χ1n) is 8.89. The molecule has 0 aliphatic carbocycles. The van der Waals surface area contributed by atoms with E-state index >= 15 is 0 Å². The van der Waals surface area contributed by atoms with Gasteiger partial charge in [-0.15, -0.1) is 0 Å². The van der Waals surface area contributed by atoms with Crippen molar-refractivity contribution in [1.82, 2.24) is 25.1 Å². The van der Waals surface area contributed by atoms with Crippen LogP contribution in [-0.2, 0) is 12.6 Å². The Morgan fingerprint density at radius 3 is 2.70 bits per heavy atom. The molecule has 1 atom stereocenters. The van der Waals surface area contributed by atoms with Crippen molar-refractivity contribution in [2.75, 3.05) is 6.54 Å². The van der Waals surface area contributed by atoms with Gasteiger partial charge < -0.3 is 4.90 Å². The van der Waals surface area contributed by atoms with E-state index in [4.69, 9.17) is 11.6 Å². The number of hydrogen-bond donors (Lipinski definition) is 1. The summed E-state index contributed by atoms with van der Waals surface area (Å²) in [4.78, 5) is 23.0. The second-order valence-corrected chi connectivity index (χ2v) is 7.14. The zero-order chi connectivity index (χ0) is 21.6. The lowest BCUT2D eigenvalue weighted by Gasteiger charge is -2.35. The van der Waals surface area contributed by atoms with Crippen LogP contribution in [0, 0.1) is 5.82 Å². The van der Waals surface area contributed by atoms with Gasteiger partial charge in [0, 0.05) is 18.3 Å². The van der Waals surface area contributed by atoms with Crippen molar-refractivity contribution in [3.63, 3.8) is 0 Å². The van der Waals surface area contributed by atoms with E-state index in [9.17, 15) is 22.4 Å². The van der Waals surface area contributed by atoms with Gasteiger partial charge >= 0.3 is 6.18 Å². The van der Waals surface area contributed by atoms with E-state index in [1.165, 1.54) is 11.2 Å². The van der Waals surface area contributed by atoms with Crippen molar-refractivity contribution in [2.45, 2.75) is 25.6 Å². The third-order valence-electron chi connectivity index (χ3n) is 5.07. The number of hydrogen-bond acceptors (Lipinski definition) is 4. The lowest BCUT2D eigenvalue weighted by Crippen LogP contribution is -2.40. The Morgan fingerprint density at radius 1 is 1.27 bits per heavy atom. The highest BCUT2D eigenvalue weighted by molar-refractivity contribution is 6.34.